The standard InChI is InChI=1S/C18H23NO2S/c1-3-17(22(20,21)4-2)18(19)16-12-10-15(11-13-16)14-8-6-5-7-9-14/h5-13,17-18H,3-4,19H2,1-2H3. The van der Waals surface area contributed by atoms with Gasteiger partial charge in [0.2, 0.25) is 0 Å². The topological polar surface area (TPSA) is 60.2 Å². The van der Waals surface area contributed by atoms with Crippen LogP contribution < -0.4 is 5.73 Å². The summed E-state index contributed by atoms with van der Waals surface area (Å²) in [6, 6.07) is 17.4. The van der Waals surface area contributed by atoms with Crippen LogP contribution in [0.1, 0.15) is 31.9 Å². The largest absolute Gasteiger partial charge is 0.323 e. The first-order valence-corrected chi connectivity index (χ1v) is 9.33. The van der Waals surface area contributed by atoms with E-state index in [-0.39, 0.29) is 5.75 Å². The van der Waals surface area contributed by atoms with Crippen molar-refractivity contribution in [3.8, 4) is 11.1 Å². The van der Waals surface area contributed by atoms with Crippen LogP contribution in [-0.2, 0) is 9.84 Å². The Morgan fingerprint density at radius 3 is 1.95 bits per heavy atom. The third kappa shape index (κ3) is 3.57. The van der Waals surface area contributed by atoms with Crippen LogP contribution in [0.2, 0.25) is 0 Å². The van der Waals surface area contributed by atoms with Crippen molar-refractivity contribution in [1.82, 2.24) is 0 Å². The molecule has 0 bridgehead atoms. The highest BCUT2D eigenvalue weighted by molar-refractivity contribution is 7.92. The minimum absolute atomic E-state index is 0.126. The molecule has 118 valence electrons. The van der Waals surface area contributed by atoms with Gasteiger partial charge in [0.1, 0.15) is 0 Å². The summed E-state index contributed by atoms with van der Waals surface area (Å²) in [5.74, 6) is 0.126. The van der Waals surface area contributed by atoms with E-state index in [0.29, 0.717) is 6.42 Å². The Bertz CT molecular complexity index is 694. The molecule has 0 heterocycles. The first kappa shape index (κ1) is 16.7. The molecule has 0 aliphatic rings. The third-order valence-electron chi connectivity index (χ3n) is 4.07. The van der Waals surface area contributed by atoms with Gasteiger partial charge in [-0.05, 0) is 23.1 Å². The maximum absolute atomic E-state index is 12.2. The monoisotopic (exact) mass is 317 g/mol. The molecular formula is C18H23NO2S. The van der Waals surface area contributed by atoms with Gasteiger partial charge < -0.3 is 5.73 Å². The van der Waals surface area contributed by atoms with E-state index in [4.69, 9.17) is 5.73 Å². The van der Waals surface area contributed by atoms with Crippen molar-refractivity contribution in [1.29, 1.82) is 0 Å². The van der Waals surface area contributed by atoms with Crippen molar-refractivity contribution < 1.29 is 8.42 Å². The lowest BCUT2D eigenvalue weighted by atomic mass is 9.99. The van der Waals surface area contributed by atoms with Gasteiger partial charge in [-0.15, -0.1) is 0 Å². The van der Waals surface area contributed by atoms with E-state index < -0.39 is 21.1 Å². The Morgan fingerprint density at radius 2 is 1.45 bits per heavy atom. The Morgan fingerprint density at radius 1 is 0.909 bits per heavy atom. The molecule has 2 atom stereocenters. The normalized spacial score (nSPS) is 14.5. The van der Waals surface area contributed by atoms with Gasteiger partial charge in [-0.1, -0.05) is 68.4 Å². The molecule has 2 N–H and O–H groups in total. The van der Waals surface area contributed by atoms with E-state index in [2.05, 4.69) is 0 Å². The summed E-state index contributed by atoms with van der Waals surface area (Å²) in [5, 5.41) is -0.528. The molecule has 0 radical (unpaired) electrons. The van der Waals surface area contributed by atoms with Crippen LogP contribution >= 0.6 is 0 Å². The van der Waals surface area contributed by atoms with Gasteiger partial charge in [0, 0.05) is 11.8 Å². The van der Waals surface area contributed by atoms with Crippen molar-refractivity contribution in [2.75, 3.05) is 5.75 Å². The molecule has 0 saturated carbocycles. The molecule has 0 aromatic heterocycles. The van der Waals surface area contributed by atoms with Crippen LogP contribution in [0.15, 0.2) is 54.6 Å². The molecule has 0 fully saturated rings. The number of sulfone groups is 1. The molecule has 0 aliphatic carbocycles. The minimum atomic E-state index is -3.15. The zero-order valence-electron chi connectivity index (χ0n) is 13.1. The van der Waals surface area contributed by atoms with Gasteiger partial charge in [0.15, 0.2) is 9.84 Å². The van der Waals surface area contributed by atoms with E-state index in [1.54, 1.807) is 6.92 Å². The summed E-state index contributed by atoms with van der Waals surface area (Å²) in [6.45, 7) is 3.54. The quantitative estimate of drug-likeness (QED) is 0.886. The lowest BCUT2D eigenvalue weighted by Crippen LogP contribution is -2.34. The number of hydrogen-bond donors (Lipinski definition) is 1. The third-order valence-corrected chi connectivity index (χ3v) is 6.42. The first-order valence-electron chi connectivity index (χ1n) is 7.62. The Labute approximate surface area is 133 Å². The molecule has 0 amide bonds. The van der Waals surface area contributed by atoms with Crippen LogP contribution in [0, 0.1) is 0 Å². The number of rotatable bonds is 6. The molecule has 0 saturated heterocycles. The number of nitrogens with two attached hydrogens (primary N) is 1. The van der Waals surface area contributed by atoms with Crippen LogP contribution in [0.25, 0.3) is 11.1 Å². The second-order valence-corrected chi connectivity index (χ2v) is 7.92. The van der Waals surface area contributed by atoms with E-state index >= 15 is 0 Å². The minimum Gasteiger partial charge on any atom is -0.323 e. The lowest BCUT2D eigenvalue weighted by Gasteiger charge is -2.22. The molecule has 0 aliphatic heterocycles. The average Bonchev–Trinajstić information content (AvgIpc) is 2.56. The zero-order chi connectivity index (χ0) is 16.2. The van der Waals surface area contributed by atoms with Crippen molar-refractivity contribution in [3.63, 3.8) is 0 Å². The summed E-state index contributed by atoms with van der Waals surface area (Å²) in [7, 11) is -3.15. The molecule has 2 rings (SSSR count). The predicted molar refractivity (Wildman–Crippen MR) is 92.3 cm³/mol. The molecular weight excluding hydrogens is 294 g/mol. The molecule has 4 heteroatoms. The molecule has 2 unspecified atom stereocenters. The second kappa shape index (κ2) is 7.07. The van der Waals surface area contributed by atoms with Crippen molar-refractivity contribution in [2.24, 2.45) is 5.73 Å². The Balaban J connectivity index is 2.26. The van der Waals surface area contributed by atoms with Gasteiger partial charge in [0.05, 0.1) is 5.25 Å². The van der Waals surface area contributed by atoms with Gasteiger partial charge in [-0.25, -0.2) is 8.42 Å². The van der Waals surface area contributed by atoms with Crippen molar-refractivity contribution in [2.45, 2.75) is 31.6 Å². The average molecular weight is 317 g/mol. The summed E-state index contributed by atoms with van der Waals surface area (Å²) < 4.78 is 24.3. The summed E-state index contributed by atoms with van der Waals surface area (Å²) in [5.41, 5.74) is 9.32. The maximum atomic E-state index is 12.2. The lowest BCUT2D eigenvalue weighted by molar-refractivity contribution is 0.549. The van der Waals surface area contributed by atoms with Crippen LogP contribution in [0.5, 0.6) is 0 Å². The fourth-order valence-electron chi connectivity index (χ4n) is 2.69. The molecule has 2 aromatic carbocycles. The molecule has 2 aromatic rings. The molecule has 22 heavy (non-hydrogen) atoms. The van der Waals surface area contributed by atoms with Gasteiger partial charge in [-0.2, -0.15) is 0 Å². The Kier molecular flexibility index (Phi) is 5.37. The van der Waals surface area contributed by atoms with Crippen LogP contribution in [0.4, 0.5) is 0 Å². The molecule has 0 spiro atoms. The molecule has 3 nitrogen and oxygen atoms in total. The highest BCUT2D eigenvalue weighted by atomic mass is 32.2. The smallest absolute Gasteiger partial charge is 0.154 e. The van der Waals surface area contributed by atoms with Gasteiger partial charge in [0.25, 0.3) is 0 Å². The highest BCUT2D eigenvalue weighted by Gasteiger charge is 2.29. The fraction of sp³-hybridized carbons (Fsp3) is 0.333. The summed E-state index contributed by atoms with van der Waals surface area (Å²) >= 11 is 0. The van der Waals surface area contributed by atoms with Gasteiger partial charge >= 0.3 is 0 Å². The second-order valence-electron chi connectivity index (χ2n) is 5.41. The first-order chi connectivity index (χ1) is 10.5. The summed E-state index contributed by atoms with van der Waals surface area (Å²) in [6.07, 6.45) is 0.526. The Hall–Kier alpha value is -1.65. The van der Waals surface area contributed by atoms with E-state index in [1.165, 1.54) is 0 Å². The van der Waals surface area contributed by atoms with Crippen LogP contribution in [0.3, 0.4) is 0 Å². The summed E-state index contributed by atoms with van der Waals surface area (Å²) in [4.78, 5) is 0. The zero-order valence-corrected chi connectivity index (χ0v) is 13.9. The SMILES string of the molecule is CCC(C(N)c1ccc(-c2ccccc2)cc1)S(=O)(=O)CC. The van der Waals surface area contributed by atoms with Crippen molar-refractivity contribution in [3.05, 3.63) is 60.2 Å². The van der Waals surface area contributed by atoms with Crippen LogP contribution in [-0.4, -0.2) is 19.4 Å². The fourth-order valence-corrected chi connectivity index (χ4v) is 4.23. The van der Waals surface area contributed by atoms with E-state index in [9.17, 15) is 8.42 Å². The highest BCUT2D eigenvalue weighted by Crippen LogP contribution is 2.26. The predicted octanol–water partition coefficient (Wildman–Crippen LogP) is 3.57. The number of benzene rings is 2. The number of hydrogen-bond acceptors (Lipinski definition) is 3. The maximum Gasteiger partial charge on any atom is 0.154 e. The van der Waals surface area contributed by atoms with Gasteiger partial charge in [-0.3, -0.25) is 0 Å². The van der Waals surface area contributed by atoms with E-state index in [1.807, 2.05) is 61.5 Å². The van der Waals surface area contributed by atoms with E-state index in [0.717, 1.165) is 16.7 Å². The van der Waals surface area contributed by atoms with Crippen molar-refractivity contribution >= 4 is 9.84 Å².